The number of hydrogen-bond donors (Lipinski definition) is 2. The summed E-state index contributed by atoms with van der Waals surface area (Å²) in [5.74, 6) is -0.505. The number of halogens is 1. The molecule has 1 aromatic rings. The van der Waals surface area contributed by atoms with Gasteiger partial charge in [0, 0.05) is 10.2 Å². The van der Waals surface area contributed by atoms with Gasteiger partial charge in [0.1, 0.15) is 6.61 Å². The Bertz CT molecular complexity index is 366. The molecule has 0 saturated heterocycles. The van der Waals surface area contributed by atoms with Gasteiger partial charge in [-0.15, -0.1) is 0 Å². The Labute approximate surface area is 96.2 Å². The summed E-state index contributed by atoms with van der Waals surface area (Å²) in [4.78, 5) is 11.5. The van der Waals surface area contributed by atoms with Gasteiger partial charge in [-0.2, -0.15) is 0 Å². The lowest BCUT2D eigenvalue weighted by Crippen LogP contribution is -2.15. The largest absolute Gasteiger partial charge is 0.459 e. The van der Waals surface area contributed by atoms with Gasteiger partial charge in [0.15, 0.2) is 0 Å². The van der Waals surface area contributed by atoms with Crippen molar-refractivity contribution < 1.29 is 14.6 Å². The summed E-state index contributed by atoms with van der Waals surface area (Å²) in [6.45, 7) is 1.52. The fourth-order valence-corrected chi connectivity index (χ4v) is 1.38. The van der Waals surface area contributed by atoms with Crippen molar-refractivity contribution in [2.45, 2.75) is 13.0 Å². The fraction of sp³-hybridized carbons (Fsp3) is 0.300. The van der Waals surface area contributed by atoms with Crippen LogP contribution in [0.4, 0.5) is 5.69 Å². The monoisotopic (exact) mass is 273 g/mol. The predicted molar refractivity (Wildman–Crippen MR) is 60.5 cm³/mol. The van der Waals surface area contributed by atoms with Gasteiger partial charge in [-0.1, -0.05) is 0 Å². The van der Waals surface area contributed by atoms with Gasteiger partial charge < -0.3 is 15.6 Å². The molecule has 0 heterocycles. The van der Waals surface area contributed by atoms with Crippen molar-refractivity contribution in [3.63, 3.8) is 0 Å². The first-order valence-electron chi connectivity index (χ1n) is 4.41. The number of rotatable bonds is 3. The molecule has 3 N–H and O–H groups in total. The number of ether oxygens (including phenoxy) is 1. The molecular formula is C10H12BrNO3. The number of nitrogens with two attached hydrogens (primary N) is 1. The molecule has 5 heteroatoms. The molecule has 1 unspecified atom stereocenters. The molecule has 15 heavy (non-hydrogen) atoms. The Morgan fingerprint density at radius 1 is 1.67 bits per heavy atom. The highest BCUT2D eigenvalue weighted by Gasteiger charge is 2.12. The van der Waals surface area contributed by atoms with Gasteiger partial charge in [-0.3, -0.25) is 0 Å². The van der Waals surface area contributed by atoms with E-state index in [1.165, 1.54) is 6.07 Å². The highest BCUT2D eigenvalue weighted by Crippen LogP contribution is 2.20. The zero-order chi connectivity index (χ0) is 11.4. The van der Waals surface area contributed by atoms with E-state index in [1.807, 2.05) is 0 Å². The third-order valence-corrected chi connectivity index (χ3v) is 2.36. The third-order valence-electron chi connectivity index (χ3n) is 1.67. The molecule has 82 valence electrons. The maximum absolute atomic E-state index is 11.5. The van der Waals surface area contributed by atoms with Gasteiger partial charge in [0.2, 0.25) is 0 Å². The molecule has 0 radical (unpaired) electrons. The topological polar surface area (TPSA) is 72.5 Å². The summed E-state index contributed by atoms with van der Waals surface area (Å²) in [5.41, 5.74) is 6.39. The molecule has 1 atom stereocenters. The number of esters is 1. The Morgan fingerprint density at radius 3 is 2.93 bits per heavy atom. The maximum Gasteiger partial charge on any atom is 0.339 e. The molecular weight excluding hydrogens is 262 g/mol. The molecule has 0 aromatic heterocycles. The van der Waals surface area contributed by atoms with Crippen LogP contribution >= 0.6 is 15.9 Å². The minimum absolute atomic E-state index is 0.0277. The van der Waals surface area contributed by atoms with Crippen molar-refractivity contribution >= 4 is 27.6 Å². The molecule has 0 aliphatic heterocycles. The van der Waals surface area contributed by atoms with Crippen LogP contribution < -0.4 is 5.73 Å². The minimum atomic E-state index is -0.672. The number of carbonyl (C=O) groups is 1. The van der Waals surface area contributed by atoms with Crippen LogP contribution in [0.15, 0.2) is 22.7 Å². The summed E-state index contributed by atoms with van der Waals surface area (Å²) in [5, 5.41) is 8.96. The normalized spacial score (nSPS) is 12.2. The number of anilines is 1. The van der Waals surface area contributed by atoms with E-state index < -0.39 is 12.1 Å². The zero-order valence-corrected chi connectivity index (χ0v) is 9.82. The molecule has 1 aromatic carbocycles. The third kappa shape index (κ3) is 3.53. The second-order valence-electron chi connectivity index (χ2n) is 3.19. The number of benzene rings is 1. The Hall–Kier alpha value is -1.07. The van der Waals surface area contributed by atoms with Crippen molar-refractivity contribution in [3.05, 3.63) is 28.2 Å². The van der Waals surface area contributed by atoms with Crippen molar-refractivity contribution in [1.29, 1.82) is 0 Å². The van der Waals surface area contributed by atoms with E-state index in [4.69, 9.17) is 15.6 Å². The Morgan fingerprint density at radius 2 is 2.33 bits per heavy atom. The Kier molecular flexibility index (Phi) is 4.11. The van der Waals surface area contributed by atoms with Gasteiger partial charge >= 0.3 is 5.97 Å². The van der Waals surface area contributed by atoms with Crippen LogP contribution in [0.25, 0.3) is 0 Å². The predicted octanol–water partition coefficient (Wildman–Crippen LogP) is 1.57. The van der Waals surface area contributed by atoms with Crippen molar-refractivity contribution in [2.75, 3.05) is 12.3 Å². The zero-order valence-electron chi connectivity index (χ0n) is 8.24. The molecule has 0 aliphatic carbocycles. The first kappa shape index (κ1) is 12.0. The molecule has 0 amide bonds. The van der Waals surface area contributed by atoms with Crippen molar-refractivity contribution in [1.82, 2.24) is 0 Å². The number of hydrogen-bond acceptors (Lipinski definition) is 4. The second kappa shape index (κ2) is 5.14. The van der Waals surface area contributed by atoms with Crippen LogP contribution in [0, 0.1) is 0 Å². The SMILES string of the molecule is CC(O)COC(=O)c1cc(N)ccc1Br. The molecule has 0 spiro atoms. The average Bonchev–Trinajstić information content (AvgIpc) is 2.18. The van der Waals surface area contributed by atoms with Crippen LogP contribution in [0.3, 0.4) is 0 Å². The summed E-state index contributed by atoms with van der Waals surface area (Å²) in [6, 6.07) is 4.87. The van der Waals surface area contributed by atoms with E-state index in [0.29, 0.717) is 15.7 Å². The lowest BCUT2D eigenvalue weighted by atomic mass is 10.2. The van der Waals surface area contributed by atoms with Crippen LogP contribution in [0.5, 0.6) is 0 Å². The van der Waals surface area contributed by atoms with Gasteiger partial charge in [-0.25, -0.2) is 4.79 Å². The molecule has 4 nitrogen and oxygen atoms in total. The maximum atomic E-state index is 11.5. The van der Waals surface area contributed by atoms with E-state index in [2.05, 4.69) is 15.9 Å². The number of aliphatic hydroxyl groups is 1. The van der Waals surface area contributed by atoms with E-state index in [0.717, 1.165) is 0 Å². The summed E-state index contributed by atoms with van der Waals surface area (Å²) >= 11 is 3.22. The van der Waals surface area contributed by atoms with E-state index in [-0.39, 0.29) is 6.61 Å². The van der Waals surface area contributed by atoms with E-state index in [9.17, 15) is 4.79 Å². The molecule has 0 aliphatic rings. The first-order valence-corrected chi connectivity index (χ1v) is 5.20. The minimum Gasteiger partial charge on any atom is -0.459 e. The lowest BCUT2D eigenvalue weighted by molar-refractivity contribution is 0.0295. The summed E-state index contributed by atoms with van der Waals surface area (Å²) in [6.07, 6.45) is -0.672. The summed E-state index contributed by atoms with van der Waals surface area (Å²) in [7, 11) is 0. The lowest BCUT2D eigenvalue weighted by Gasteiger charge is -2.08. The Balaban J connectivity index is 2.77. The van der Waals surface area contributed by atoms with Crippen molar-refractivity contribution in [3.8, 4) is 0 Å². The van der Waals surface area contributed by atoms with Gasteiger partial charge in [0.25, 0.3) is 0 Å². The van der Waals surface area contributed by atoms with E-state index >= 15 is 0 Å². The average molecular weight is 274 g/mol. The van der Waals surface area contributed by atoms with Crippen LogP contribution in [0.2, 0.25) is 0 Å². The van der Waals surface area contributed by atoms with Gasteiger partial charge in [-0.05, 0) is 41.1 Å². The van der Waals surface area contributed by atoms with Crippen LogP contribution in [-0.2, 0) is 4.74 Å². The van der Waals surface area contributed by atoms with Crippen LogP contribution in [0.1, 0.15) is 17.3 Å². The second-order valence-corrected chi connectivity index (χ2v) is 4.04. The van der Waals surface area contributed by atoms with Crippen molar-refractivity contribution in [2.24, 2.45) is 0 Å². The number of carbonyl (C=O) groups excluding carboxylic acids is 1. The molecule has 0 fully saturated rings. The molecule has 0 bridgehead atoms. The number of nitrogen functional groups attached to an aromatic ring is 1. The molecule has 0 saturated carbocycles. The fourth-order valence-electron chi connectivity index (χ4n) is 0.973. The number of aliphatic hydroxyl groups excluding tert-OH is 1. The highest BCUT2D eigenvalue weighted by atomic mass is 79.9. The summed E-state index contributed by atoms with van der Waals surface area (Å²) < 4.78 is 5.47. The van der Waals surface area contributed by atoms with E-state index in [1.54, 1.807) is 19.1 Å². The molecule has 1 rings (SSSR count). The van der Waals surface area contributed by atoms with Gasteiger partial charge in [0.05, 0.1) is 11.7 Å². The standard InChI is InChI=1S/C10H12BrNO3/c1-6(13)5-15-10(14)8-4-7(12)2-3-9(8)11/h2-4,6,13H,5,12H2,1H3. The van der Waals surface area contributed by atoms with Crippen LogP contribution in [-0.4, -0.2) is 23.8 Å². The smallest absolute Gasteiger partial charge is 0.339 e. The highest BCUT2D eigenvalue weighted by molar-refractivity contribution is 9.10. The first-order chi connectivity index (χ1) is 7.00. The quantitative estimate of drug-likeness (QED) is 0.648.